The highest BCUT2D eigenvalue weighted by atomic mass is 16.4. The van der Waals surface area contributed by atoms with Gasteiger partial charge in [-0.15, -0.1) is 0 Å². The van der Waals surface area contributed by atoms with Crippen molar-refractivity contribution in [2.24, 2.45) is 0 Å². The van der Waals surface area contributed by atoms with E-state index >= 15 is 0 Å². The van der Waals surface area contributed by atoms with E-state index in [1.807, 2.05) is 0 Å². The highest BCUT2D eigenvalue weighted by molar-refractivity contribution is 5.66. The van der Waals surface area contributed by atoms with Crippen LogP contribution in [0.2, 0.25) is 0 Å². The zero-order valence-corrected chi connectivity index (χ0v) is 18.2. The van der Waals surface area contributed by atoms with Gasteiger partial charge in [0.1, 0.15) is 0 Å². The minimum atomic E-state index is -0.660. The second kappa shape index (κ2) is 21.7. The number of hydrogen-bond donors (Lipinski definition) is 2. The van der Waals surface area contributed by atoms with Crippen molar-refractivity contribution < 1.29 is 15.0 Å². The summed E-state index contributed by atoms with van der Waals surface area (Å²) in [5, 5.41) is 18.4. The molecule has 0 aliphatic carbocycles. The Morgan fingerprint density at radius 3 is 1.30 bits per heavy atom. The largest absolute Gasteiger partial charge is 0.481 e. The van der Waals surface area contributed by atoms with Gasteiger partial charge in [-0.25, -0.2) is 0 Å². The molecule has 0 radical (unpaired) electrons. The average molecular weight is 385 g/mol. The molecule has 27 heavy (non-hydrogen) atoms. The van der Waals surface area contributed by atoms with Gasteiger partial charge in [0.25, 0.3) is 0 Å². The van der Waals surface area contributed by atoms with E-state index in [0.717, 1.165) is 32.1 Å². The Kier molecular flexibility index (Phi) is 21.3. The SMILES string of the molecule is CCCCC(O)CCCCCCCCCCCCCCCCCCC(=O)O. The van der Waals surface area contributed by atoms with Gasteiger partial charge in [0.2, 0.25) is 0 Å². The molecule has 0 aromatic heterocycles. The van der Waals surface area contributed by atoms with Crippen LogP contribution in [0.5, 0.6) is 0 Å². The lowest BCUT2D eigenvalue weighted by molar-refractivity contribution is -0.137. The summed E-state index contributed by atoms with van der Waals surface area (Å²) in [7, 11) is 0. The maximum absolute atomic E-state index is 10.4. The van der Waals surface area contributed by atoms with Gasteiger partial charge in [0.05, 0.1) is 6.10 Å². The molecule has 0 aliphatic rings. The van der Waals surface area contributed by atoms with Crippen molar-refractivity contribution in [2.45, 2.75) is 148 Å². The summed E-state index contributed by atoms with van der Waals surface area (Å²) in [5.74, 6) is -0.660. The summed E-state index contributed by atoms with van der Waals surface area (Å²) in [6, 6.07) is 0. The van der Waals surface area contributed by atoms with Crippen LogP contribution in [-0.4, -0.2) is 22.3 Å². The number of aliphatic hydroxyl groups excluding tert-OH is 1. The Bertz CT molecular complexity index is 304. The van der Waals surface area contributed by atoms with E-state index in [0.29, 0.717) is 6.42 Å². The Balaban J connectivity index is 3.06. The van der Waals surface area contributed by atoms with Crippen molar-refractivity contribution in [1.82, 2.24) is 0 Å². The Labute approximate surface area is 169 Å². The van der Waals surface area contributed by atoms with Crippen molar-refractivity contribution in [3.05, 3.63) is 0 Å². The summed E-state index contributed by atoms with van der Waals surface area (Å²) >= 11 is 0. The third-order valence-corrected chi connectivity index (χ3v) is 5.57. The van der Waals surface area contributed by atoms with Crippen LogP contribution in [0.15, 0.2) is 0 Å². The zero-order chi connectivity index (χ0) is 20.0. The first-order valence-electron chi connectivity index (χ1n) is 12.1. The molecule has 1 atom stereocenters. The summed E-state index contributed by atoms with van der Waals surface area (Å²) in [6.07, 6.45) is 25.2. The normalized spacial score (nSPS) is 12.4. The lowest BCUT2D eigenvalue weighted by Crippen LogP contribution is -2.05. The van der Waals surface area contributed by atoms with Crippen LogP contribution in [0.1, 0.15) is 142 Å². The fraction of sp³-hybridized carbons (Fsp3) is 0.958. The summed E-state index contributed by atoms with van der Waals surface area (Å²) < 4.78 is 0. The second-order valence-electron chi connectivity index (χ2n) is 8.39. The molecule has 0 amide bonds. The minimum Gasteiger partial charge on any atom is -0.481 e. The number of aliphatic hydroxyl groups is 1. The van der Waals surface area contributed by atoms with Crippen molar-refractivity contribution in [3.8, 4) is 0 Å². The molecular formula is C24H48O3. The van der Waals surface area contributed by atoms with Gasteiger partial charge in [-0.3, -0.25) is 4.79 Å². The van der Waals surface area contributed by atoms with Crippen LogP contribution in [-0.2, 0) is 4.79 Å². The standard InChI is InChI=1S/C24H48O3/c1-2-3-20-23(25)21-18-16-14-12-10-8-6-4-5-7-9-11-13-15-17-19-22-24(26)27/h23,25H,2-22H2,1H3,(H,26,27). The van der Waals surface area contributed by atoms with Crippen LogP contribution in [0.3, 0.4) is 0 Å². The van der Waals surface area contributed by atoms with Crippen LogP contribution in [0.25, 0.3) is 0 Å². The van der Waals surface area contributed by atoms with Gasteiger partial charge in [-0.2, -0.15) is 0 Å². The van der Waals surface area contributed by atoms with Crippen molar-refractivity contribution in [3.63, 3.8) is 0 Å². The molecule has 0 aromatic carbocycles. The van der Waals surface area contributed by atoms with Crippen LogP contribution < -0.4 is 0 Å². The predicted molar refractivity (Wildman–Crippen MR) is 116 cm³/mol. The van der Waals surface area contributed by atoms with Gasteiger partial charge in [-0.05, 0) is 19.3 Å². The number of carboxylic acid groups (broad SMARTS) is 1. The van der Waals surface area contributed by atoms with Crippen LogP contribution in [0, 0.1) is 0 Å². The Morgan fingerprint density at radius 1 is 0.593 bits per heavy atom. The van der Waals surface area contributed by atoms with E-state index in [2.05, 4.69) is 6.92 Å². The molecule has 0 saturated heterocycles. The fourth-order valence-corrected chi connectivity index (χ4v) is 3.72. The topological polar surface area (TPSA) is 57.5 Å². The molecular weight excluding hydrogens is 336 g/mol. The van der Waals surface area contributed by atoms with Gasteiger partial charge < -0.3 is 10.2 Å². The average Bonchev–Trinajstić information content (AvgIpc) is 2.65. The second-order valence-corrected chi connectivity index (χ2v) is 8.39. The maximum Gasteiger partial charge on any atom is 0.303 e. The molecule has 0 spiro atoms. The van der Waals surface area contributed by atoms with Gasteiger partial charge >= 0.3 is 5.97 Å². The summed E-state index contributed by atoms with van der Waals surface area (Å²) in [5.41, 5.74) is 0. The van der Waals surface area contributed by atoms with E-state index < -0.39 is 5.97 Å². The van der Waals surface area contributed by atoms with E-state index in [4.69, 9.17) is 5.11 Å². The quantitative estimate of drug-likeness (QED) is 0.188. The van der Waals surface area contributed by atoms with Crippen molar-refractivity contribution in [1.29, 1.82) is 0 Å². The molecule has 3 nitrogen and oxygen atoms in total. The molecule has 0 fully saturated rings. The molecule has 0 heterocycles. The number of carbonyl (C=O) groups is 1. The minimum absolute atomic E-state index is 0.0538. The number of aliphatic carboxylic acids is 1. The zero-order valence-electron chi connectivity index (χ0n) is 18.2. The molecule has 0 aromatic rings. The lowest BCUT2D eigenvalue weighted by Gasteiger charge is -2.09. The number of rotatable bonds is 22. The van der Waals surface area contributed by atoms with Gasteiger partial charge in [0.15, 0.2) is 0 Å². The third-order valence-electron chi connectivity index (χ3n) is 5.57. The first kappa shape index (κ1) is 26.4. The smallest absolute Gasteiger partial charge is 0.303 e. The van der Waals surface area contributed by atoms with E-state index in [1.54, 1.807) is 0 Å². The molecule has 1 unspecified atom stereocenters. The Hall–Kier alpha value is -0.570. The molecule has 3 heteroatoms. The van der Waals surface area contributed by atoms with Gasteiger partial charge in [0, 0.05) is 6.42 Å². The highest BCUT2D eigenvalue weighted by Gasteiger charge is 2.02. The number of unbranched alkanes of at least 4 members (excludes halogenated alkanes) is 16. The fourth-order valence-electron chi connectivity index (χ4n) is 3.72. The monoisotopic (exact) mass is 384 g/mol. The highest BCUT2D eigenvalue weighted by Crippen LogP contribution is 2.15. The molecule has 2 N–H and O–H groups in total. The molecule has 162 valence electrons. The molecule has 0 rings (SSSR count). The summed E-state index contributed by atoms with van der Waals surface area (Å²) in [6.45, 7) is 2.18. The third kappa shape index (κ3) is 23.4. The summed E-state index contributed by atoms with van der Waals surface area (Å²) in [4.78, 5) is 10.4. The van der Waals surface area contributed by atoms with Crippen LogP contribution >= 0.6 is 0 Å². The number of carboxylic acids is 1. The van der Waals surface area contributed by atoms with E-state index in [-0.39, 0.29) is 6.10 Å². The van der Waals surface area contributed by atoms with E-state index in [9.17, 15) is 9.90 Å². The first-order chi connectivity index (χ1) is 13.2. The van der Waals surface area contributed by atoms with E-state index in [1.165, 1.54) is 96.3 Å². The molecule has 0 aliphatic heterocycles. The molecule has 0 saturated carbocycles. The molecule has 0 bridgehead atoms. The maximum atomic E-state index is 10.4. The lowest BCUT2D eigenvalue weighted by atomic mass is 10.0. The van der Waals surface area contributed by atoms with Crippen molar-refractivity contribution >= 4 is 5.97 Å². The Morgan fingerprint density at radius 2 is 0.926 bits per heavy atom. The van der Waals surface area contributed by atoms with Crippen molar-refractivity contribution in [2.75, 3.05) is 0 Å². The first-order valence-corrected chi connectivity index (χ1v) is 12.1. The van der Waals surface area contributed by atoms with Crippen LogP contribution in [0.4, 0.5) is 0 Å². The number of hydrogen-bond acceptors (Lipinski definition) is 2. The van der Waals surface area contributed by atoms with Gasteiger partial charge in [-0.1, -0.05) is 116 Å². The predicted octanol–water partition coefficient (Wildman–Crippen LogP) is 7.64.